The van der Waals surface area contributed by atoms with E-state index in [0.29, 0.717) is 12.8 Å². The van der Waals surface area contributed by atoms with Gasteiger partial charge in [-0.15, -0.1) is 0 Å². The number of halogens is 4. The standard InChI is InChI=1S/C15H14ClF3O2/c16-8-1-2-9(17)10(12(8)18)11(13(20)21)14-3-5-15(19,7-14)6-4-14/h1-2,11H,3-7H2,(H,20,21)/t11-,14?,15?/m1/s1. The highest BCUT2D eigenvalue weighted by Gasteiger charge is 2.61. The topological polar surface area (TPSA) is 37.3 Å². The number of carboxylic acid groups (broad SMARTS) is 1. The zero-order valence-electron chi connectivity index (χ0n) is 11.1. The summed E-state index contributed by atoms with van der Waals surface area (Å²) in [6.45, 7) is 0. The van der Waals surface area contributed by atoms with Gasteiger partial charge in [-0.1, -0.05) is 11.6 Å². The van der Waals surface area contributed by atoms with Gasteiger partial charge in [0.25, 0.3) is 0 Å². The largest absolute Gasteiger partial charge is 0.481 e. The molecule has 6 heteroatoms. The molecule has 1 atom stereocenters. The average Bonchev–Trinajstić information content (AvgIpc) is 2.92. The zero-order valence-corrected chi connectivity index (χ0v) is 11.9. The van der Waals surface area contributed by atoms with Gasteiger partial charge in [0.1, 0.15) is 17.3 Å². The fourth-order valence-electron chi connectivity index (χ4n) is 4.07. The Kier molecular flexibility index (Phi) is 3.24. The first-order valence-corrected chi connectivity index (χ1v) is 7.21. The molecule has 0 aliphatic heterocycles. The van der Waals surface area contributed by atoms with Crippen molar-refractivity contribution in [2.24, 2.45) is 5.41 Å². The Bertz CT molecular complexity index is 609. The Labute approximate surface area is 124 Å². The molecule has 1 aromatic carbocycles. The Morgan fingerprint density at radius 3 is 2.33 bits per heavy atom. The van der Waals surface area contributed by atoms with Gasteiger partial charge in [0.2, 0.25) is 0 Å². The van der Waals surface area contributed by atoms with Crippen LogP contribution in [0.15, 0.2) is 12.1 Å². The van der Waals surface area contributed by atoms with Gasteiger partial charge in [0.05, 0.1) is 10.9 Å². The number of alkyl halides is 1. The van der Waals surface area contributed by atoms with Crippen LogP contribution in [0.1, 0.15) is 43.6 Å². The Morgan fingerprint density at radius 1 is 1.24 bits per heavy atom. The van der Waals surface area contributed by atoms with Crippen molar-refractivity contribution < 1.29 is 23.1 Å². The number of fused-ring (bicyclic) bond motifs is 2. The third kappa shape index (κ3) is 2.13. The third-order valence-electron chi connectivity index (χ3n) is 5.04. The minimum absolute atomic E-state index is 0.0440. The summed E-state index contributed by atoms with van der Waals surface area (Å²) < 4.78 is 42.6. The predicted octanol–water partition coefficient (Wildman–Crippen LogP) is 4.46. The van der Waals surface area contributed by atoms with E-state index in [9.17, 15) is 23.1 Å². The van der Waals surface area contributed by atoms with Gasteiger partial charge in [-0.05, 0) is 49.7 Å². The van der Waals surface area contributed by atoms with Gasteiger partial charge in [0.15, 0.2) is 0 Å². The summed E-state index contributed by atoms with van der Waals surface area (Å²) in [7, 11) is 0. The van der Waals surface area contributed by atoms with E-state index in [1.807, 2.05) is 0 Å². The second kappa shape index (κ2) is 4.63. The molecule has 0 spiro atoms. The van der Waals surface area contributed by atoms with Crippen molar-refractivity contribution in [1.29, 1.82) is 0 Å². The van der Waals surface area contributed by atoms with Crippen molar-refractivity contribution in [2.75, 3.05) is 0 Å². The van der Waals surface area contributed by atoms with Gasteiger partial charge in [-0.3, -0.25) is 4.79 Å². The molecule has 2 saturated carbocycles. The number of benzene rings is 1. The fourth-order valence-corrected chi connectivity index (χ4v) is 4.23. The summed E-state index contributed by atoms with van der Waals surface area (Å²) in [5.74, 6) is -4.74. The lowest BCUT2D eigenvalue weighted by Crippen LogP contribution is -2.32. The quantitative estimate of drug-likeness (QED) is 0.835. The predicted molar refractivity (Wildman–Crippen MR) is 71.1 cm³/mol. The first-order valence-electron chi connectivity index (χ1n) is 6.83. The van der Waals surface area contributed by atoms with Crippen molar-refractivity contribution in [2.45, 2.75) is 43.7 Å². The van der Waals surface area contributed by atoms with Gasteiger partial charge in [-0.2, -0.15) is 0 Å². The molecule has 2 aliphatic carbocycles. The SMILES string of the molecule is O=C(O)[C@@H](c1c(F)ccc(Cl)c1F)C12CCC(F)(CC1)C2. The molecule has 0 heterocycles. The molecule has 2 bridgehead atoms. The maximum absolute atomic E-state index is 14.3. The number of aliphatic carboxylic acids is 1. The van der Waals surface area contributed by atoms with Crippen molar-refractivity contribution >= 4 is 17.6 Å². The maximum Gasteiger partial charge on any atom is 0.311 e. The van der Waals surface area contributed by atoms with E-state index < -0.39 is 40.2 Å². The van der Waals surface area contributed by atoms with Gasteiger partial charge in [-0.25, -0.2) is 13.2 Å². The van der Waals surface area contributed by atoms with E-state index in [4.69, 9.17) is 11.6 Å². The summed E-state index contributed by atoms with van der Waals surface area (Å²) >= 11 is 5.66. The highest BCUT2D eigenvalue weighted by molar-refractivity contribution is 6.30. The zero-order chi connectivity index (χ0) is 15.4. The average molecular weight is 319 g/mol. The molecule has 0 radical (unpaired) electrons. The first kappa shape index (κ1) is 14.7. The molecule has 1 N–H and O–H groups in total. The molecule has 0 unspecified atom stereocenters. The number of carboxylic acids is 1. The minimum atomic E-state index is -1.41. The minimum Gasteiger partial charge on any atom is -0.481 e. The van der Waals surface area contributed by atoms with E-state index >= 15 is 0 Å². The summed E-state index contributed by atoms with van der Waals surface area (Å²) in [6, 6.07) is 2.01. The molecule has 3 rings (SSSR count). The van der Waals surface area contributed by atoms with Crippen molar-refractivity contribution in [3.8, 4) is 0 Å². The van der Waals surface area contributed by atoms with Gasteiger partial charge < -0.3 is 5.11 Å². The lowest BCUT2D eigenvalue weighted by atomic mass is 9.69. The molecular weight excluding hydrogens is 305 g/mol. The summed E-state index contributed by atoms with van der Waals surface area (Å²) in [5.41, 5.74) is -2.85. The molecule has 0 aromatic heterocycles. The van der Waals surface area contributed by atoms with Crippen LogP contribution in [-0.4, -0.2) is 16.7 Å². The van der Waals surface area contributed by atoms with Crippen molar-refractivity contribution in [3.05, 3.63) is 34.4 Å². The highest BCUT2D eigenvalue weighted by Crippen LogP contribution is 2.64. The van der Waals surface area contributed by atoms with Crippen molar-refractivity contribution in [3.63, 3.8) is 0 Å². The molecule has 2 nitrogen and oxygen atoms in total. The number of hydrogen-bond donors (Lipinski definition) is 1. The van der Waals surface area contributed by atoms with Crippen LogP contribution < -0.4 is 0 Å². The smallest absolute Gasteiger partial charge is 0.311 e. The lowest BCUT2D eigenvalue weighted by Gasteiger charge is -2.33. The van der Waals surface area contributed by atoms with Gasteiger partial charge >= 0.3 is 5.97 Å². The normalized spacial score (nSPS) is 32.4. The molecule has 1 aromatic rings. The number of hydrogen-bond acceptors (Lipinski definition) is 1. The third-order valence-corrected chi connectivity index (χ3v) is 5.33. The molecule has 2 aliphatic rings. The Morgan fingerprint density at radius 2 is 1.86 bits per heavy atom. The molecule has 2 fully saturated rings. The summed E-state index contributed by atoms with van der Waals surface area (Å²) in [6.07, 6.45) is 1.20. The lowest BCUT2D eigenvalue weighted by molar-refractivity contribution is -0.142. The maximum atomic E-state index is 14.3. The van der Waals surface area contributed by atoms with Crippen LogP contribution in [0.5, 0.6) is 0 Å². The van der Waals surface area contributed by atoms with Crippen molar-refractivity contribution in [1.82, 2.24) is 0 Å². The van der Waals surface area contributed by atoms with E-state index in [1.165, 1.54) is 0 Å². The van der Waals surface area contributed by atoms with Crippen LogP contribution in [0.25, 0.3) is 0 Å². The first-order chi connectivity index (χ1) is 9.78. The van der Waals surface area contributed by atoms with Crippen LogP contribution in [0.4, 0.5) is 13.2 Å². The van der Waals surface area contributed by atoms with Crippen LogP contribution in [0.3, 0.4) is 0 Å². The molecule has 21 heavy (non-hydrogen) atoms. The van der Waals surface area contributed by atoms with Crippen LogP contribution >= 0.6 is 11.6 Å². The monoisotopic (exact) mass is 318 g/mol. The molecule has 0 saturated heterocycles. The van der Waals surface area contributed by atoms with Crippen LogP contribution in [-0.2, 0) is 4.79 Å². The van der Waals surface area contributed by atoms with Crippen LogP contribution in [0, 0.1) is 17.0 Å². The van der Waals surface area contributed by atoms with Gasteiger partial charge in [0, 0.05) is 5.56 Å². The van der Waals surface area contributed by atoms with E-state index in [2.05, 4.69) is 0 Å². The number of rotatable bonds is 3. The van der Waals surface area contributed by atoms with E-state index in [-0.39, 0.29) is 24.3 Å². The Balaban J connectivity index is 2.13. The number of carbonyl (C=O) groups is 1. The van der Waals surface area contributed by atoms with E-state index in [1.54, 1.807) is 0 Å². The highest BCUT2D eigenvalue weighted by atomic mass is 35.5. The fraction of sp³-hybridized carbons (Fsp3) is 0.533. The summed E-state index contributed by atoms with van der Waals surface area (Å²) in [5, 5.41) is 9.20. The van der Waals surface area contributed by atoms with Crippen LogP contribution in [0.2, 0.25) is 5.02 Å². The summed E-state index contributed by atoms with van der Waals surface area (Å²) in [4.78, 5) is 11.7. The van der Waals surface area contributed by atoms with E-state index in [0.717, 1.165) is 12.1 Å². The second-order valence-corrected chi connectivity index (χ2v) is 6.63. The molecule has 114 valence electrons. The Hall–Kier alpha value is -1.23. The molecule has 0 amide bonds. The second-order valence-electron chi connectivity index (χ2n) is 6.22. The molecular formula is C15H14ClF3O2.